The molecule has 0 saturated heterocycles. The third kappa shape index (κ3) is 10.1. The molecule has 45 heavy (non-hydrogen) atoms. The first kappa shape index (κ1) is 32.1. The summed E-state index contributed by atoms with van der Waals surface area (Å²) in [5.41, 5.74) is 11.9. The molecule has 4 rings (SSSR count). The molecule has 2 N–H and O–H groups in total. The molecule has 0 aromatic heterocycles. The molecule has 0 unspecified atom stereocenters. The van der Waals surface area contributed by atoms with Crippen molar-refractivity contribution in [3.8, 4) is 0 Å². The van der Waals surface area contributed by atoms with E-state index in [1.807, 2.05) is 12.1 Å². The molecule has 2 amide bonds. The number of ketones is 2. The zero-order chi connectivity index (χ0) is 31.9. The van der Waals surface area contributed by atoms with E-state index >= 15 is 0 Å². The number of nitrogens with zero attached hydrogens (tertiary/aromatic N) is 2. The molecule has 4 aromatic carbocycles. The summed E-state index contributed by atoms with van der Waals surface area (Å²) < 4.78 is 10.6. The molecule has 10 heteroatoms. The highest BCUT2D eigenvalue weighted by Gasteiger charge is 2.41. The van der Waals surface area contributed by atoms with Crippen molar-refractivity contribution in [1.82, 2.24) is 10.6 Å². The Kier molecular flexibility index (Phi) is 11.9. The maximum atomic E-state index is 13.8. The number of hydrogen-bond acceptors (Lipinski definition) is 6. The second-order valence-electron chi connectivity index (χ2n) is 10.1. The number of carbonyl (C=O) groups excluding carboxylic acids is 4. The predicted molar refractivity (Wildman–Crippen MR) is 166 cm³/mol. The van der Waals surface area contributed by atoms with Crippen LogP contribution in [0.3, 0.4) is 0 Å². The van der Waals surface area contributed by atoms with Gasteiger partial charge in [-0.25, -0.2) is 9.59 Å². The van der Waals surface area contributed by atoms with Crippen molar-refractivity contribution >= 4 is 29.5 Å². The largest absolute Gasteiger partial charge is 0.445 e. The molecule has 4 aromatic rings. The summed E-state index contributed by atoms with van der Waals surface area (Å²) in [6, 6.07) is 32.9. The van der Waals surface area contributed by atoms with E-state index in [0.717, 1.165) is 11.1 Å². The van der Waals surface area contributed by atoms with Crippen LogP contribution < -0.4 is 10.6 Å². The summed E-state index contributed by atoms with van der Waals surface area (Å²) in [6.45, 7) is -0.0973. The molecular formula is C35H32N4O6. The minimum atomic E-state index is -1.33. The molecule has 0 aliphatic heterocycles. The van der Waals surface area contributed by atoms with Crippen LogP contribution in [0.25, 0.3) is 5.53 Å². The van der Waals surface area contributed by atoms with E-state index in [2.05, 4.69) is 15.4 Å². The number of ether oxygens (including phenoxy) is 2. The van der Waals surface area contributed by atoms with E-state index < -0.39 is 41.5 Å². The molecular weight excluding hydrogens is 572 g/mol. The molecule has 10 nitrogen and oxygen atoms in total. The van der Waals surface area contributed by atoms with E-state index in [4.69, 9.17) is 9.47 Å². The smallest absolute Gasteiger partial charge is 0.408 e. The first-order valence-electron chi connectivity index (χ1n) is 14.3. The van der Waals surface area contributed by atoms with Crippen LogP contribution in [0.4, 0.5) is 9.59 Å². The third-order valence-electron chi connectivity index (χ3n) is 6.77. The fourth-order valence-electron chi connectivity index (χ4n) is 4.48. The molecule has 0 aliphatic rings. The van der Waals surface area contributed by atoms with Crippen LogP contribution in [-0.2, 0) is 45.1 Å². The number of rotatable bonds is 14. The van der Waals surface area contributed by atoms with E-state index in [9.17, 15) is 24.7 Å². The summed E-state index contributed by atoms with van der Waals surface area (Å²) in [5.74, 6) is -1.92. The number of hydrogen-bond donors (Lipinski definition) is 2. The van der Waals surface area contributed by atoms with Crippen LogP contribution >= 0.6 is 0 Å². The fraction of sp³-hybridized carbons (Fsp3) is 0.171. The maximum Gasteiger partial charge on any atom is 0.408 e. The van der Waals surface area contributed by atoms with Crippen molar-refractivity contribution in [2.75, 3.05) is 0 Å². The van der Waals surface area contributed by atoms with Gasteiger partial charge < -0.3 is 25.6 Å². The van der Waals surface area contributed by atoms with Crippen LogP contribution in [0.1, 0.15) is 22.3 Å². The van der Waals surface area contributed by atoms with Crippen molar-refractivity contribution in [3.05, 3.63) is 149 Å². The monoisotopic (exact) mass is 604 g/mol. The summed E-state index contributed by atoms with van der Waals surface area (Å²) in [6.07, 6.45) is -1.85. The highest BCUT2D eigenvalue weighted by molar-refractivity contribution is 6.66. The van der Waals surface area contributed by atoms with Gasteiger partial charge in [0.25, 0.3) is 11.6 Å². The van der Waals surface area contributed by atoms with E-state index in [1.165, 1.54) is 0 Å². The molecule has 0 fully saturated rings. The maximum absolute atomic E-state index is 13.8. The van der Waals surface area contributed by atoms with Gasteiger partial charge in [-0.1, -0.05) is 121 Å². The minimum absolute atomic E-state index is 0.0255. The van der Waals surface area contributed by atoms with E-state index in [1.54, 1.807) is 109 Å². The molecule has 0 bridgehead atoms. The topological polar surface area (TPSA) is 147 Å². The lowest BCUT2D eigenvalue weighted by Crippen LogP contribution is -2.52. The van der Waals surface area contributed by atoms with Crippen molar-refractivity contribution < 1.29 is 33.4 Å². The lowest BCUT2D eigenvalue weighted by molar-refractivity contribution is -0.126. The van der Waals surface area contributed by atoms with Crippen LogP contribution in [0.15, 0.2) is 121 Å². The number of carbonyl (C=O) groups is 4. The lowest BCUT2D eigenvalue weighted by atomic mass is 9.93. The molecule has 0 heterocycles. The van der Waals surface area contributed by atoms with E-state index in [-0.39, 0.29) is 26.1 Å². The molecule has 0 saturated carbocycles. The van der Waals surface area contributed by atoms with Crippen molar-refractivity contribution in [3.63, 3.8) is 0 Å². The summed E-state index contributed by atoms with van der Waals surface area (Å²) in [5, 5.41) is 5.01. The van der Waals surface area contributed by atoms with Gasteiger partial charge in [-0.15, -0.1) is 0 Å². The highest BCUT2D eigenvalue weighted by atomic mass is 16.6. The number of amides is 2. The lowest BCUT2D eigenvalue weighted by Gasteiger charge is -2.18. The Morgan fingerprint density at radius 2 is 0.844 bits per heavy atom. The standard InChI is InChI=1S/C35H32N4O6/c36-39-31(32(40)29(21-25-13-5-1-6-14-25)37-34(42)44-23-27-17-9-3-10-18-27)33(41)30(22-26-15-7-2-8-16-26)38-35(43)45-24-28-19-11-4-12-20-28/h1-20,29-30H,21-24H2,(H,37,42)(H,38,43)/t29-,30-/m1/s1. The number of nitrogens with one attached hydrogen (secondary N) is 2. The molecule has 0 radical (unpaired) electrons. The summed E-state index contributed by atoms with van der Waals surface area (Å²) >= 11 is 0. The molecule has 228 valence electrons. The second kappa shape index (κ2) is 16.7. The normalized spacial score (nSPS) is 11.6. The predicted octanol–water partition coefficient (Wildman–Crippen LogP) is 4.87. The fourth-order valence-corrected chi connectivity index (χ4v) is 4.48. The number of benzene rings is 4. The summed E-state index contributed by atoms with van der Waals surface area (Å²) in [7, 11) is 0. The highest BCUT2D eigenvalue weighted by Crippen LogP contribution is 2.10. The Hall–Kier alpha value is -5.86. The zero-order valence-corrected chi connectivity index (χ0v) is 24.4. The van der Waals surface area contributed by atoms with Crippen LogP contribution in [-0.4, -0.2) is 46.3 Å². The first-order chi connectivity index (χ1) is 21.9. The molecule has 0 spiro atoms. The average molecular weight is 605 g/mol. The molecule has 2 atom stereocenters. The number of Topliss-reactive ketones (excluding diaryl/α,β-unsaturated/α-hetero) is 2. The quantitative estimate of drug-likeness (QED) is 0.0909. The Morgan fingerprint density at radius 1 is 0.533 bits per heavy atom. The van der Waals surface area contributed by atoms with Crippen LogP contribution in [0.2, 0.25) is 0 Å². The van der Waals surface area contributed by atoms with Gasteiger partial charge in [0.2, 0.25) is 0 Å². The second-order valence-corrected chi connectivity index (χ2v) is 10.1. The average Bonchev–Trinajstić information content (AvgIpc) is 3.08. The zero-order valence-electron chi connectivity index (χ0n) is 24.4. The van der Waals surface area contributed by atoms with Gasteiger partial charge in [0.1, 0.15) is 25.3 Å². The Balaban J connectivity index is 1.52. The van der Waals surface area contributed by atoms with Crippen LogP contribution in [0, 0.1) is 0 Å². The van der Waals surface area contributed by atoms with Gasteiger partial charge in [-0.2, -0.15) is 4.79 Å². The van der Waals surface area contributed by atoms with Gasteiger partial charge in [-0.3, -0.25) is 9.59 Å². The van der Waals surface area contributed by atoms with Gasteiger partial charge in [-0.05, 0) is 22.3 Å². The van der Waals surface area contributed by atoms with Gasteiger partial charge in [0.15, 0.2) is 0 Å². The SMILES string of the molecule is [N-]=[N+]=C(C(=O)[C@@H](Cc1ccccc1)NC(=O)OCc1ccccc1)C(=O)[C@@H](Cc1ccccc1)NC(=O)OCc1ccccc1. The summed E-state index contributed by atoms with van der Waals surface area (Å²) in [4.78, 5) is 56.1. The molecule has 0 aliphatic carbocycles. The van der Waals surface area contributed by atoms with E-state index in [0.29, 0.717) is 11.1 Å². The van der Waals surface area contributed by atoms with Gasteiger partial charge in [0, 0.05) is 12.8 Å². The number of alkyl carbamates (subject to hydrolysis) is 2. The Morgan fingerprint density at radius 3 is 1.16 bits per heavy atom. The van der Waals surface area contributed by atoms with Crippen molar-refractivity contribution in [2.24, 2.45) is 0 Å². The van der Waals surface area contributed by atoms with Crippen molar-refractivity contribution in [1.29, 1.82) is 0 Å². The first-order valence-corrected chi connectivity index (χ1v) is 14.3. The third-order valence-corrected chi connectivity index (χ3v) is 6.77. The minimum Gasteiger partial charge on any atom is -0.445 e. The van der Waals surface area contributed by atoms with Crippen molar-refractivity contribution in [2.45, 2.75) is 38.1 Å². The Labute approximate surface area is 260 Å². The van der Waals surface area contributed by atoms with Gasteiger partial charge in [0.05, 0.1) is 0 Å². The Bertz CT molecular complexity index is 1510. The van der Waals surface area contributed by atoms with Gasteiger partial charge >= 0.3 is 17.9 Å². The van der Waals surface area contributed by atoms with Crippen LogP contribution in [0.5, 0.6) is 0 Å².